The summed E-state index contributed by atoms with van der Waals surface area (Å²) in [5.74, 6) is 0.744. The van der Waals surface area contributed by atoms with Gasteiger partial charge in [0.25, 0.3) is 0 Å². The van der Waals surface area contributed by atoms with Gasteiger partial charge < -0.3 is 9.52 Å². The number of oxazole rings is 1. The second-order valence-corrected chi connectivity index (χ2v) is 6.70. The Hall–Kier alpha value is -2.24. The van der Waals surface area contributed by atoms with Gasteiger partial charge in [-0.1, -0.05) is 30.3 Å². The van der Waals surface area contributed by atoms with Gasteiger partial charge in [-0.3, -0.25) is 4.90 Å². The topological polar surface area (TPSA) is 49.5 Å². The summed E-state index contributed by atoms with van der Waals surface area (Å²) in [5, 5.41) is 9.90. The molecule has 130 valence electrons. The molecule has 3 aromatic rings. The molecule has 1 saturated carbocycles. The number of halogens is 1. The zero-order valence-electron chi connectivity index (χ0n) is 13.9. The Morgan fingerprint density at radius 3 is 2.68 bits per heavy atom. The lowest BCUT2D eigenvalue weighted by Crippen LogP contribution is -2.38. The van der Waals surface area contributed by atoms with Gasteiger partial charge in [0.05, 0.1) is 13.2 Å². The molecule has 25 heavy (non-hydrogen) atoms. The summed E-state index contributed by atoms with van der Waals surface area (Å²) in [4.78, 5) is 6.69. The molecule has 1 aliphatic carbocycles. The Bertz CT molecular complexity index is 845. The van der Waals surface area contributed by atoms with Gasteiger partial charge in [0, 0.05) is 18.7 Å². The molecule has 0 aliphatic heterocycles. The molecule has 0 spiro atoms. The molecule has 0 saturated heterocycles. The van der Waals surface area contributed by atoms with Crippen LogP contribution in [0.15, 0.2) is 52.9 Å². The van der Waals surface area contributed by atoms with Crippen LogP contribution < -0.4 is 0 Å². The van der Waals surface area contributed by atoms with Crippen molar-refractivity contribution in [2.75, 3.05) is 6.61 Å². The zero-order chi connectivity index (χ0) is 17.2. The highest BCUT2D eigenvalue weighted by atomic mass is 19.1. The quantitative estimate of drug-likeness (QED) is 0.712. The number of aliphatic hydroxyl groups is 1. The van der Waals surface area contributed by atoms with Crippen LogP contribution in [-0.2, 0) is 13.1 Å². The van der Waals surface area contributed by atoms with Crippen molar-refractivity contribution in [1.82, 2.24) is 9.88 Å². The minimum Gasteiger partial charge on any atom is -0.439 e. The maximum Gasteiger partial charge on any atom is 0.209 e. The van der Waals surface area contributed by atoms with E-state index in [2.05, 4.69) is 22.0 Å². The smallest absolute Gasteiger partial charge is 0.209 e. The minimum atomic E-state index is -0.331. The lowest BCUT2D eigenvalue weighted by atomic mass is 10.1. The number of fused-ring (bicyclic) bond motifs is 1. The first kappa shape index (κ1) is 16.2. The van der Waals surface area contributed by atoms with E-state index in [0.29, 0.717) is 29.5 Å². The van der Waals surface area contributed by atoms with Gasteiger partial charge in [0.2, 0.25) is 5.89 Å². The molecule has 2 aromatic carbocycles. The molecule has 1 aliphatic rings. The number of aliphatic hydroxyl groups excluding tert-OH is 1. The van der Waals surface area contributed by atoms with Crippen molar-refractivity contribution in [3.05, 3.63) is 65.8 Å². The molecule has 1 aromatic heterocycles. The second-order valence-electron chi connectivity index (χ2n) is 6.70. The lowest BCUT2D eigenvalue weighted by Gasteiger charge is -2.29. The molecule has 1 fully saturated rings. The number of aromatic nitrogens is 1. The van der Waals surface area contributed by atoms with Gasteiger partial charge in [-0.25, -0.2) is 9.37 Å². The Morgan fingerprint density at radius 2 is 1.96 bits per heavy atom. The van der Waals surface area contributed by atoms with E-state index in [-0.39, 0.29) is 18.5 Å². The largest absolute Gasteiger partial charge is 0.439 e. The van der Waals surface area contributed by atoms with Crippen LogP contribution in [0.4, 0.5) is 4.39 Å². The van der Waals surface area contributed by atoms with Gasteiger partial charge >= 0.3 is 0 Å². The van der Waals surface area contributed by atoms with Crippen LogP contribution in [0.25, 0.3) is 11.1 Å². The van der Waals surface area contributed by atoms with Crippen molar-refractivity contribution in [2.24, 2.45) is 5.92 Å². The van der Waals surface area contributed by atoms with Crippen LogP contribution in [0.5, 0.6) is 0 Å². The predicted molar refractivity (Wildman–Crippen MR) is 93.3 cm³/mol. The third-order valence-corrected chi connectivity index (χ3v) is 4.78. The summed E-state index contributed by atoms with van der Waals surface area (Å²) in [6.07, 6.45) is 2.30. The van der Waals surface area contributed by atoms with E-state index in [1.807, 2.05) is 18.2 Å². The van der Waals surface area contributed by atoms with Crippen LogP contribution in [0.2, 0.25) is 0 Å². The van der Waals surface area contributed by atoms with Crippen molar-refractivity contribution in [2.45, 2.75) is 32.0 Å². The number of hydrogen-bond donors (Lipinski definition) is 1. The summed E-state index contributed by atoms with van der Waals surface area (Å²) in [7, 11) is 0. The van der Waals surface area contributed by atoms with E-state index in [1.165, 1.54) is 17.7 Å². The van der Waals surface area contributed by atoms with Crippen LogP contribution in [0, 0.1) is 11.7 Å². The fourth-order valence-corrected chi connectivity index (χ4v) is 3.34. The number of benzene rings is 2. The second kappa shape index (κ2) is 6.94. The Kier molecular flexibility index (Phi) is 4.51. The number of nitrogens with zero attached hydrogens (tertiary/aromatic N) is 2. The molecule has 1 unspecified atom stereocenters. The minimum absolute atomic E-state index is 0.0898. The van der Waals surface area contributed by atoms with Crippen LogP contribution in [0.1, 0.15) is 24.3 Å². The number of rotatable bonds is 7. The zero-order valence-corrected chi connectivity index (χ0v) is 13.9. The summed E-state index contributed by atoms with van der Waals surface area (Å²) >= 11 is 0. The molecule has 0 radical (unpaired) electrons. The fourth-order valence-electron chi connectivity index (χ4n) is 3.34. The fraction of sp³-hybridized carbons (Fsp3) is 0.350. The molecule has 5 heteroatoms. The third-order valence-electron chi connectivity index (χ3n) is 4.78. The van der Waals surface area contributed by atoms with E-state index >= 15 is 0 Å². The molecule has 1 N–H and O–H groups in total. The molecular formula is C20H21FN2O2. The maximum atomic E-state index is 13.4. The summed E-state index contributed by atoms with van der Waals surface area (Å²) in [5.41, 5.74) is 2.30. The van der Waals surface area contributed by atoms with Crippen LogP contribution >= 0.6 is 0 Å². The standard InChI is InChI=1S/C20H21FN2O2/c21-16-8-9-17-19(10-16)25-20(22-17)12-23(18(13-24)15-6-7-15)11-14-4-2-1-3-5-14/h1-5,8-10,15,18,24H,6-7,11-13H2. The Morgan fingerprint density at radius 1 is 1.16 bits per heavy atom. The molecule has 4 nitrogen and oxygen atoms in total. The van der Waals surface area contributed by atoms with E-state index in [4.69, 9.17) is 4.42 Å². The normalized spacial score (nSPS) is 15.8. The van der Waals surface area contributed by atoms with Crippen molar-refractivity contribution in [3.63, 3.8) is 0 Å². The van der Waals surface area contributed by atoms with Gasteiger partial charge in [0.15, 0.2) is 5.58 Å². The molecule has 4 rings (SSSR count). The monoisotopic (exact) mass is 340 g/mol. The summed E-state index contributed by atoms with van der Waals surface area (Å²) in [6.45, 7) is 1.33. The van der Waals surface area contributed by atoms with E-state index in [1.54, 1.807) is 6.07 Å². The first-order valence-corrected chi connectivity index (χ1v) is 8.67. The summed E-state index contributed by atoms with van der Waals surface area (Å²) in [6, 6.07) is 14.6. The molecular weight excluding hydrogens is 319 g/mol. The Labute approximate surface area is 145 Å². The third kappa shape index (κ3) is 3.72. The van der Waals surface area contributed by atoms with Gasteiger partial charge in [-0.15, -0.1) is 0 Å². The average Bonchev–Trinajstić information content (AvgIpc) is 3.36. The highest BCUT2D eigenvalue weighted by molar-refractivity contribution is 5.72. The molecule has 1 atom stereocenters. The van der Waals surface area contributed by atoms with Crippen LogP contribution in [0.3, 0.4) is 0 Å². The highest BCUT2D eigenvalue weighted by Crippen LogP contribution is 2.36. The lowest BCUT2D eigenvalue weighted by molar-refractivity contribution is 0.0872. The van der Waals surface area contributed by atoms with Gasteiger partial charge in [-0.05, 0) is 36.5 Å². The van der Waals surface area contributed by atoms with E-state index in [0.717, 1.165) is 19.4 Å². The van der Waals surface area contributed by atoms with Crippen molar-refractivity contribution < 1.29 is 13.9 Å². The number of hydrogen-bond acceptors (Lipinski definition) is 4. The summed E-state index contributed by atoms with van der Waals surface area (Å²) < 4.78 is 19.1. The SMILES string of the molecule is OCC(C1CC1)N(Cc1ccccc1)Cc1nc2ccc(F)cc2o1. The predicted octanol–water partition coefficient (Wildman–Crippen LogP) is 3.74. The van der Waals surface area contributed by atoms with Crippen molar-refractivity contribution in [1.29, 1.82) is 0 Å². The first-order valence-electron chi connectivity index (χ1n) is 8.67. The van der Waals surface area contributed by atoms with E-state index in [9.17, 15) is 9.50 Å². The van der Waals surface area contributed by atoms with Crippen LogP contribution in [-0.4, -0.2) is 27.6 Å². The molecule has 0 bridgehead atoms. The van der Waals surface area contributed by atoms with E-state index < -0.39 is 0 Å². The van der Waals surface area contributed by atoms with Crippen molar-refractivity contribution in [3.8, 4) is 0 Å². The highest BCUT2D eigenvalue weighted by Gasteiger charge is 2.35. The average molecular weight is 340 g/mol. The molecule has 0 amide bonds. The first-order chi connectivity index (χ1) is 12.2. The van der Waals surface area contributed by atoms with Gasteiger partial charge in [-0.2, -0.15) is 0 Å². The Balaban J connectivity index is 1.59. The molecule has 1 heterocycles. The maximum absolute atomic E-state index is 13.4. The van der Waals surface area contributed by atoms with Gasteiger partial charge in [0.1, 0.15) is 11.3 Å². The van der Waals surface area contributed by atoms with Crippen molar-refractivity contribution >= 4 is 11.1 Å².